The molecule has 0 aliphatic heterocycles. The van der Waals surface area contributed by atoms with E-state index < -0.39 is 0 Å². The van der Waals surface area contributed by atoms with Gasteiger partial charge in [-0.1, -0.05) is 69.2 Å². The first kappa shape index (κ1) is 27.1. The molecule has 0 spiro atoms. The number of rotatable bonds is 0. The van der Waals surface area contributed by atoms with E-state index in [9.17, 15) is 0 Å². The summed E-state index contributed by atoms with van der Waals surface area (Å²) in [6.45, 7) is 22.0. The van der Waals surface area contributed by atoms with Gasteiger partial charge in [0.05, 0.1) is 0 Å². The minimum absolute atomic E-state index is 0. The van der Waals surface area contributed by atoms with Gasteiger partial charge in [0, 0.05) is 46.9 Å². The van der Waals surface area contributed by atoms with Gasteiger partial charge >= 0.3 is 0 Å². The SMILES string of the molecule is Cc1c(C)c(C)[c-](C)c1C.Cc1c(C)c(C)[c-](C)c1C.[S-]C[S-].[Yb]. The molecular weight excluding hydrogens is 489 g/mol. The molecule has 0 aromatic heterocycles. The molecule has 0 saturated heterocycles. The van der Waals surface area contributed by atoms with Crippen molar-refractivity contribution in [1.29, 1.82) is 0 Å². The van der Waals surface area contributed by atoms with Crippen molar-refractivity contribution in [1.82, 2.24) is 0 Å². The molecule has 0 heterocycles. The molecule has 146 valence electrons. The van der Waals surface area contributed by atoms with Gasteiger partial charge in [0.25, 0.3) is 0 Å². The van der Waals surface area contributed by atoms with Crippen LogP contribution < -0.4 is 0 Å². The normalized spacial score (nSPS) is 9.50. The van der Waals surface area contributed by atoms with Crippen LogP contribution in [0.15, 0.2) is 0 Å². The first-order valence-electron chi connectivity index (χ1n) is 8.08. The van der Waals surface area contributed by atoms with E-state index in [1.54, 1.807) is 0 Å². The van der Waals surface area contributed by atoms with Crippen LogP contribution in [0.4, 0.5) is 0 Å². The van der Waals surface area contributed by atoms with Gasteiger partial charge in [-0.25, -0.2) is 0 Å². The van der Waals surface area contributed by atoms with Gasteiger partial charge in [-0.15, -0.1) is 0 Å². The second-order valence-corrected chi connectivity index (χ2v) is 7.31. The summed E-state index contributed by atoms with van der Waals surface area (Å²) in [5, 5.41) is 0.417. The van der Waals surface area contributed by atoms with Crippen LogP contribution in [0, 0.1) is 116 Å². The molecule has 24 heavy (non-hydrogen) atoms. The van der Waals surface area contributed by atoms with Crippen molar-refractivity contribution in [3.8, 4) is 0 Å². The number of hydrogen-bond acceptors (Lipinski definition) is 2. The predicted octanol–water partition coefficient (Wildman–Crippen LogP) is 5.93. The topological polar surface area (TPSA) is 0 Å². The molecule has 0 unspecified atom stereocenters. The Morgan fingerprint density at radius 2 is 0.667 bits per heavy atom. The fraction of sp³-hybridized carbons (Fsp3) is 0.524. The second kappa shape index (κ2) is 12.3. The average Bonchev–Trinajstić information content (AvgIpc) is 2.80. The van der Waals surface area contributed by atoms with Gasteiger partial charge in [-0.2, -0.15) is 55.6 Å². The van der Waals surface area contributed by atoms with Gasteiger partial charge in [-0.3, -0.25) is 0 Å². The second-order valence-electron chi connectivity index (χ2n) is 6.37. The van der Waals surface area contributed by atoms with E-state index in [1.807, 2.05) is 0 Å². The van der Waals surface area contributed by atoms with Crippen LogP contribution in [-0.4, -0.2) is 5.08 Å². The zero-order valence-corrected chi connectivity index (χ0v) is 20.1. The third-order valence-electron chi connectivity index (χ3n) is 5.62. The summed E-state index contributed by atoms with van der Waals surface area (Å²) in [6, 6.07) is 0. The third kappa shape index (κ3) is 6.58. The van der Waals surface area contributed by atoms with Gasteiger partial charge in [0.2, 0.25) is 0 Å². The molecule has 2 rings (SSSR count). The van der Waals surface area contributed by atoms with Crippen LogP contribution in [0.3, 0.4) is 0 Å². The van der Waals surface area contributed by atoms with Gasteiger partial charge in [0.1, 0.15) is 0 Å². The Balaban J connectivity index is 0. The molecule has 2 aromatic carbocycles. The third-order valence-corrected chi connectivity index (χ3v) is 5.62. The zero-order valence-electron chi connectivity index (χ0n) is 16.8. The van der Waals surface area contributed by atoms with Crippen LogP contribution in [0.2, 0.25) is 0 Å². The summed E-state index contributed by atoms with van der Waals surface area (Å²) in [6.07, 6.45) is 0. The standard InChI is InChI=1S/2C10H15.CH4S2.Yb/c2*1-6-7(2)9(4)10(5)8(6)3;2-1-3;/h2*1-5H3;2-3H,1H2;/q2*-1;;/p-2. The Morgan fingerprint density at radius 1 is 0.542 bits per heavy atom. The maximum atomic E-state index is 4.21. The van der Waals surface area contributed by atoms with Crippen LogP contribution in [0.25, 0.3) is 0 Å². The molecule has 0 N–H and O–H groups in total. The molecular formula is C21H32S2Yb-4. The van der Waals surface area contributed by atoms with Crippen molar-refractivity contribution in [3.63, 3.8) is 0 Å². The Kier molecular flexibility index (Phi) is 13.9. The summed E-state index contributed by atoms with van der Waals surface area (Å²) in [5.41, 5.74) is 14.7. The molecule has 0 amide bonds. The fourth-order valence-corrected chi connectivity index (χ4v) is 2.81. The largest absolute Gasteiger partial charge is 0.818 e. The summed E-state index contributed by atoms with van der Waals surface area (Å²) in [5.74, 6) is 0. The summed E-state index contributed by atoms with van der Waals surface area (Å²) in [7, 11) is 0. The molecule has 0 bridgehead atoms. The Labute approximate surface area is 200 Å². The Morgan fingerprint density at radius 3 is 0.708 bits per heavy atom. The average molecular weight is 522 g/mol. The van der Waals surface area contributed by atoms with Crippen LogP contribution in [-0.2, 0) is 25.3 Å². The van der Waals surface area contributed by atoms with Crippen molar-refractivity contribution in [2.45, 2.75) is 69.2 Å². The molecule has 0 aliphatic rings. The molecule has 0 atom stereocenters. The summed E-state index contributed by atoms with van der Waals surface area (Å²) in [4.78, 5) is 0. The minimum Gasteiger partial charge on any atom is -0.818 e. The van der Waals surface area contributed by atoms with Crippen LogP contribution in [0.5, 0.6) is 0 Å². The van der Waals surface area contributed by atoms with Crippen LogP contribution in [0.1, 0.15) is 55.6 Å². The molecule has 0 fully saturated rings. The first-order chi connectivity index (χ1) is 10.5. The summed E-state index contributed by atoms with van der Waals surface area (Å²) < 4.78 is 0. The van der Waals surface area contributed by atoms with Crippen molar-refractivity contribution in [2.24, 2.45) is 0 Å². The Bertz CT molecular complexity index is 429. The molecule has 0 saturated carbocycles. The van der Waals surface area contributed by atoms with Gasteiger partial charge < -0.3 is 30.3 Å². The maximum Gasteiger partial charge on any atom is 0 e. The van der Waals surface area contributed by atoms with Crippen molar-refractivity contribution in [3.05, 3.63) is 55.6 Å². The van der Waals surface area contributed by atoms with Gasteiger partial charge in [0.15, 0.2) is 0 Å². The summed E-state index contributed by atoms with van der Waals surface area (Å²) >= 11 is 8.42. The zero-order chi connectivity index (χ0) is 18.5. The quantitative estimate of drug-likeness (QED) is 0.311. The van der Waals surface area contributed by atoms with E-state index in [2.05, 4.69) is 94.5 Å². The molecule has 3 heteroatoms. The van der Waals surface area contributed by atoms with E-state index >= 15 is 0 Å². The van der Waals surface area contributed by atoms with E-state index in [4.69, 9.17) is 0 Å². The van der Waals surface area contributed by atoms with E-state index in [-0.39, 0.29) is 46.9 Å². The van der Waals surface area contributed by atoms with Crippen molar-refractivity contribution in [2.75, 3.05) is 5.08 Å². The smallest absolute Gasteiger partial charge is 0 e. The van der Waals surface area contributed by atoms with E-state index in [1.165, 1.54) is 55.6 Å². The van der Waals surface area contributed by atoms with Crippen molar-refractivity contribution >= 4 is 25.3 Å². The minimum atomic E-state index is 0. The van der Waals surface area contributed by atoms with Gasteiger partial charge in [-0.05, 0) is 0 Å². The number of hydrogen-bond donors (Lipinski definition) is 0. The van der Waals surface area contributed by atoms with E-state index in [0.29, 0.717) is 5.08 Å². The molecule has 0 nitrogen and oxygen atoms in total. The maximum absolute atomic E-state index is 4.21. The monoisotopic (exact) mass is 522 g/mol. The van der Waals surface area contributed by atoms with Crippen molar-refractivity contribution < 1.29 is 46.9 Å². The first-order valence-corrected chi connectivity index (χ1v) is 9.23. The predicted molar refractivity (Wildman–Crippen MR) is 111 cm³/mol. The van der Waals surface area contributed by atoms with Crippen LogP contribution >= 0.6 is 0 Å². The molecule has 2 aromatic rings. The molecule has 0 aliphatic carbocycles. The molecule has 0 radical (unpaired) electrons. The van der Waals surface area contributed by atoms with E-state index in [0.717, 1.165) is 0 Å². The fourth-order valence-electron chi connectivity index (χ4n) is 2.81. The Hall–Kier alpha value is 0.919.